The molecule has 0 atom stereocenters. The van der Waals surface area contributed by atoms with E-state index in [-0.39, 0.29) is 11.6 Å². The number of nitrogens with one attached hydrogen (secondary N) is 1. The van der Waals surface area contributed by atoms with Gasteiger partial charge in [-0.2, -0.15) is 0 Å². The van der Waals surface area contributed by atoms with Gasteiger partial charge in [-0.15, -0.1) is 0 Å². The van der Waals surface area contributed by atoms with Crippen LogP contribution in [0.15, 0.2) is 42.5 Å². The first kappa shape index (κ1) is 13.7. The van der Waals surface area contributed by atoms with Crippen LogP contribution in [0.25, 0.3) is 11.1 Å². The van der Waals surface area contributed by atoms with Gasteiger partial charge < -0.3 is 5.32 Å². The number of hydrogen-bond donors (Lipinski definition) is 1. The summed E-state index contributed by atoms with van der Waals surface area (Å²) < 4.78 is 26.9. The van der Waals surface area contributed by atoms with Crippen LogP contribution in [0.2, 0.25) is 0 Å². The summed E-state index contributed by atoms with van der Waals surface area (Å²) in [4.78, 5) is 0. The van der Waals surface area contributed by atoms with Crippen LogP contribution in [-0.2, 0) is 6.54 Å². The number of hydrogen-bond acceptors (Lipinski definition) is 1. The molecule has 0 saturated carbocycles. The molecule has 0 unspecified atom stereocenters. The van der Waals surface area contributed by atoms with E-state index >= 15 is 0 Å². The summed E-state index contributed by atoms with van der Waals surface area (Å²) >= 11 is 0. The van der Waals surface area contributed by atoms with Gasteiger partial charge in [0.25, 0.3) is 0 Å². The molecule has 19 heavy (non-hydrogen) atoms. The second-order valence-corrected chi connectivity index (χ2v) is 4.49. The minimum atomic E-state index is -0.285. The van der Waals surface area contributed by atoms with E-state index in [2.05, 4.69) is 12.2 Å². The molecule has 0 saturated heterocycles. The molecule has 0 aliphatic heterocycles. The van der Waals surface area contributed by atoms with Crippen molar-refractivity contribution < 1.29 is 8.78 Å². The van der Waals surface area contributed by atoms with Crippen molar-refractivity contribution in [3.8, 4) is 11.1 Å². The molecule has 0 aliphatic rings. The molecule has 1 nitrogen and oxygen atoms in total. The Morgan fingerprint density at radius 2 is 1.79 bits per heavy atom. The third kappa shape index (κ3) is 3.61. The maximum atomic E-state index is 13.7. The van der Waals surface area contributed by atoms with Crippen LogP contribution in [0.4, 0.5) is 8.78 Å². The van der Waals surface area contributed by atoms with E-state index < -0.39 is 0 Å². The van der Waals surface area contributed by atoms with Crippen molar-refractivity contribution in [3.05, 3.63) is 59.7 Å². The van der Waals surface area contributed by atoms with E-state index in [1.807, 2.05) is 6.07 Å². The Balaban J connectivity index is 2.25. The van der Waals surface area contributed by atoms with Crippen molar-refractivity contribution in [2.24, 2.45) is 0 Å². The molecule has 0 bridgehead atoms. The molecule has 0 radical (unpaired) electrons. The van der Waals surface area contributed by atoms with Gasteiger partial charge in [0.2, 0.25) is 0 Å². The molecule has 2 rings (SSSR count). The highest BCUT2D eigenvalue weighted by molar-refractivity contribution is 5.64. The normalized spacial score (nSPS) is 10.7. The Bertz CT molecular complexity index is 552. The van der Waals surface area contributed by atoms with E-state index in [1.54, 1.807) is 18.2 Å². The van der Waals surface area contributed by atoms with E-state index in [4.69, 9.17) is 0 Å². The van der Waals surface area contributed by atoms with Crippen LogP contribution in [0, 0.1) is 11.6 Å². The quantitative estimate of drug-likeness (QED) is 0.798. The second-order valence-electron chi connectivity index (χ2n) is 4.49. The van der Waals surface area contributed by atoms with Crippen molar-refractivity contribution in [1.82, 2.24) is 5.32 Å². The fourth-order valence-corrected chi connectivity index (χ4v) is 1.96. The number of benzene rings is 2. The molecular weight excluding hydrogens is 244 g/mol. The van der Waals surface area contributed by atoms with Gasteiger partial charge in [0, 0.05) is 12.1 Å². The summed E-state index contributed by atoms with van der Waals surface area (Å²) in [5.74, 6) is -0.517. The van der Waals surface area contributed by atoms with Crippen LogP contribution >= 0.6 is 0 Å². The second kappa shape index (κ2) is 6.43. The molecule has 0 aromatic heterocycles. The molecule has 0 heterocycles. The predicted molar refractivity (Wildman–Crippen MR) is 73.8 cm³/mol. The van der Waals surface area contributed by atoms with Crippen molar-refractivity contribution in [2.45, 2.75) is 19.9 Å². The predicted octanol–water partition coefficient (Wildman–Crippen LogP) is 4.13. The smallest absolute Gasteiger partial charge is 0.127 e. The molecular formula is C16H17F2N. The summed E-state index contributed by atoms with van der Waals surface area (Å²) in [6, 6.07) is 11.2. The van der Waals surface area contributed by atoms with Gasteiger partial charge in [0.05, 0.1) is 0 Å². The molecule has 0 fully saturated rings. The molecule has 0 spiro atoms. The lowest BCUT2D eigenvalue weighted by molar-refractivity contribution is 0.587. The molecule has 1 N–H and O–H groups in total. The van der Waals surface area contributed by atoms with Gasteiger partial charge in [-0.3, -0.25) is 0 Å². The maximum Gasteiger partial charge on any atom is 0.127 e. The van der Waals surface area contributed by atoms with E-state index in [0.29, 0.717) is 12.1 Å². The highest BCUT2D eigenvalue weighted by atomic mass is 19.1. The van der Waals surface area contributed by atoms with Crippen LogP contribution in [-0.4, -0.2) is 6.54 Å². The van der Waals surface area contributed by atoms with Gasteiger partial charge in [-0.25, -0.2) is 8.78 Å². The summed E-state index contributed by atoms with van der Waals surface area (Å²) in [5, 5.41) is 3.17. The molecule has 2 aromatic carbocycles. The van der Waals surface area contributed by atoms with Crippen LogP contribution in [0.1, 0.15) is 18.9 Å². The average molecular weight is 261 g/mol. The molecule has 100 valence electrons. The highest BCUT2D eigenvalue weighted by Crippen LogP contribution is 2.22. The third-order valence-corrected chi connectivity index (χ3v) is 2.95. The Morgan fingerprint density at radius 1 is 1.00 bits per heavy atom. The minimum absolute atomic E-state index is 0.233. The van der Waals surface area contributed by atoms with Crippen LogP contribution in [0.5, 0.6) is 0 Å². The lowest BCUT2D eigenvalue weighted by Crippen LogP contribution is -2.14. The topological polar surface area (TPSA) is 12.0 Å². The minimum Gasteiger partial charge on any atom is -0.313 e. The molecule has 0 amide bonds. The fraction of sp³-hybridized carbons (Fsp3) is 0.250. The Hall–Kier alpha value is -1.74. The third-order valence-electron chi connectivity index (χ3n) is 2.95. The van der Waals surface area contributed by atoms with Crippen molar-refractivity contribution in [1.29, 1.82) is 0 Å². The van der Waals surface area contributed by atoms with Crippen molar-refractivity contribution >= 4 is 0 Å². The standard InChI is InChI=1S/C16H17F2N/c1-2-8-19-11-14-9-13(6-7-16(14)18)12-4-3-5-15(17)10-12/h3-7,9-10,19H,2,8,11H2,1H3. The first-order valence-electron chi connectivity index (χ1n) is 6.46. The van der Waals surface area contributed by atoms with E-state index in [1.165, 1.54) is 18.2 Å². The summed E-state index contributed by atoms with van der Waals surface area (Å²) in [6.45, 7) is 3.40. The monoisotopic (exact) mass is 261 g/mol. The first-order valence-corrected chi connectivity index (χ1v) is 6.46. The maximum absolute atomic E-state index is 13.7. The lowest BCUT2D eigenvalue weighted by atomic mass is 10.0. The van der Waals surface area contributed by atoms with Gasteiger partial charge in [-0.1, -0.05) is 25.1 Å². The fourth-order valence-electron chi connectivity index (χ4n) is 1.96. The number of rotatable bonds is 5. The molecule has 2 aromatic rings. The summed E-state index contributed by atoms with van der Waals surface area (Å²) in [5.41, 5.74) is 2.20. The highest BCUT2D eigenvalue weighted by Gasteiger charge is 2.05. The van der Waals surface area contributed by atoms with E-state index in [9.17, 15) is 8.78 Å². The Labute approximate surface area is 112 Å². The molecule has 0 aliphatic carbocycles. The van der Waals surface area contributed by atoms with Crippen molar-refractivity contribution in [2.75, 3.05) is 6.54 Å². The first-order chi connectivity index (χ1) is 9.20. The largest absolute Gasteiger partial charge is 0.313 e. The zero-order chi connectivity index (χ0) is 13.7. The van der Waals surface area contributed by atoms with Gasteiger partial charge in [0.15, 0.2) is 0 Å². The lowest BCUT2D eigenvalue weighted by Gasteiger charge is -2.08. The zero-order valence-electron chi connectivity index (χ0n) is 10.9. The molecule has 3 heteroatoms. The van der Waals surface area contributed by atoms with E-state index in [0.717, 1.165) is 24.1 Å². The van der Waals surface area contributed by atoms with Crippen molar-refractivity contribution in [3.63, 3.8) is 0 Å². The summed E-state index contributed by atoms with van der Waals surface area (Å²) in [7, 11) is 0. The van der Waals surface area contributed by atoms with Gasteiger partial charge >= 0.3 is 0 Å². The van der Waals surface area contributed by atoms with Gasteiger partial charge in [-0.05, 0) is 48.4 Å². The zero-order valence-corrected chi connectivity index (χ0v) is 10.9. The average Bonchev–Trinajstić information content (AvgIpc) is 2.41. The SMILES string of the molecule is CCCNCc1cc(-c2cccc(F)c2)ccc1F. The van der Waals surface area contributed by atoms with Crippen LogP contribution < -0.4 is 5.32 Å². The summed E-state index contributed by atoms with van der Waals surface area (Å²) in [6.07, 6.45) is 1.01. The number of halogens is 2. The van der Waals surface area contributed by atoms with Crippen LogP contribution in [0.3, 0.4) is 0 Å². The Morgan fingerprint density at radius 3 is 2.53 bits per heavy atom. The Kier molecular flexibility index (Phi) is 4.63. The van der Waals surface area contributed by atoms with Gasteiger partial charge in [0.1, 0.15) is 11.6 Å².